The minimum absolute atomic E-state index is 0.894. The van der Waals surface area contributed by atoms with Crippen LogP contribution in [0.15, 0.2) is 48.6 Å². The number of rotatable bonds is 2. The summed E-state index contributed by atoms with van der Waals surface area (Å²) in [6, 6.07) is 0. The zero-order chi connectivity index (χ0) is 8.81. The van der Waals surface area contributed by atoms with E-state index in [0.29, 0.717) is 0 Å². The Hall–Kier alpha value is -1.37. The first-order valence-electron chi connectivity index (χ1n) is 3.95. The summed E-state index contributed by atoms with van der Waals surface area (Å²) in [5.41, 5.74) is 1.20. The normalized spacial score (nSPS) is 14.8. The van der Waals surface area contributed by atoms with Crippen molar-refractivity contribution in [2.45, 2.75) is 6.42 Å². The van der Waals surface area contributed by atoms with Crippen molar-refractivity contribution in [3.8, 4) is 0 Å². The molecular formula is C11H13O+. The van der Waals surface area contributed by atoms with Crippen LogP contribution in [-0.2, 0) is 4.42 Å². The molecule has 1 aliphatic carbocycles. The number of ketones is 1. The van der Waals surface area contributed by atoms with Gasteiger partial charge in [-0.05, 0) is 24.1 Å². The van der Waals surface area contributed by atoms with Crippen LogP contribution in [0.4, 0.5) is 0 Å². The predicted octanol–water partition coefficient (Wildman–Crippen LogP) is 2.35. The van der Waals surface area contributed by atoms with Gasteiger partial charge in [-0.15, -0.1) is 6.58 Å². The molecule has 0 aliphatic heterocycles. The van der Waals surface area contributed by atoms with Crippen LogP contribution in [0, 0.1) is 0 Å². The highest BCUT2D eigenvalue weighted by atomic mass is 16.4. The van der Waals surface area contributed by atoms with Gasteiger partial charge in [-0.2, -0.15) is 0 Å². The molecule has 1 rings (SSSR count). The number of allylic oxidation sites excluding steroid dienone is 7. The average Bonchev–Trinajstić information content (AvgIpc) is 2.15. The standard InChI is InChI=1S/C11H13O/c1-3-4-5-10-6-8-11(12-2)9-7-10/h3,5-9H,1,4H2,2H3/q+1. The van der Waals surface area contributed by atoms with Gasteiger partial charge in [0.05, 0.1) is 0 Å². The van der Waals surface area contributed by atoms with Crippen molar-refractivity contribution in [2.75, 3.05) is 7.11 Å². The molecule has 0 fully saturated rings. The SMILES string of the molecule is C=CCC=C1C=CC(=[O+]C)C=C1. The van der Waals surface area contributed by atoms with Gasteiger partial charge in [-0.25, -0.2) is 0 Å². The van der Waals surface area contributed by atoms with E-state index in [1.165, 1.54) is 5.57 Å². The highest BCUT2D eigenvalue weighted by molar-refractivity contribution is 6.01. The third kappa shape index (κ3) is 2.35. The topological polar surface area (TPSA) is 11.3 Å². The average molecular weight is 161 g/mol. The lowest BCUT2D eigenvalue weighted by Crippen LogP contribution is -1.95. The Morgan fingerprint density at radius 3 is 2.50 bits per heavy atom. The van der Waals surface area contributed by atoms with Gasteiger partial charge in [0.25, 0.3) is 7.11 Å². The van der Waals surface area contributed by atoms with Crippen LogP contribution < -0.4 is 0 Å². The zero-order valence-corrected chi connectivity index (χ0v) is 7.29. The van der Waals surface area contributed by atoms with Gasteiger partial charge in [0, 0.05) is 12.2 Å². The molecule has 0 aromatic carbocycles. The summed E-state index contributed by atoms with van der Waals surface area (Å²) < 4.78 is 5.04. The summed E-state index contributed by atoms with van der Waals surface area (Å²) in [6.07, 6.45) is 12.9. The van der Waals surface area contributed by atoms with Gasteiger partial charge in [0.15, 0.2) is 0 Å². The fourth-order valence-corrected chi connectivity index (χ4v) is 0.959. The molecule has 0 atom stereocenters. The third-order valence-electron chi connectivity index (χ3n) is 1.64. The van der Waals surface area contributed by atoms with E-state index in [4.69, 9.17) is 4.42 Å². The maximum atomic E-state index is 5.04. The van der Waals surface area contributed by atoms with Crippen LogP contribution in [0.3, 0.4) is 0 Å². The minimum Gasteiger partial charge on any atom is -0.258 e. The smallest absolute Gasteiger partial charge is 0.258 e. The second-order valence-corrected chi connectivity index (χ2v) is 2.50. The largest absolute Gasteiger partial charge is 0.343 e. The molecule has 0 amide bonds. The number of carbonyl (C=O) groups excluding carboxylic acids is 1. The summed E-state index contributed by atoms with van der Waals surface area (Å²) in [5.74, 6) is 0.894. The van der Waals surface area contributed by atoms with Crippen molar-refractivity contribution in [3.63, 3.8) is 0 Å². The van der Waals surface area contributed by atoms with Crippen LogP contribution in [0.2, 0.25) is 0 Å². The van der Waals surface area contributed by atoms with E-state index >= 15 is 0 Å². The van der Waals surface area contributed by atoms with Gasteiger partial charge < -0.3 is 0 Å². The fraction of sp³-hybridized carbons (Fsp3) is 0.182. The third-order valence-corrected chi connectivity index (χ3v) is 1.64. The molecule has 0 heterocycles. The summed E-state index contributed by atoms with van der Waals surface area (Å²) in [5, 5.41) is 0. The van der Waals surface area contributed by atoms with E-state index in [2.05, 4.69) is 12.7 Å². The predicted molar refractivity (Wildman–Crippen MR) is 52.1 cm³/mol. The van der Waals surface area contributed by atoms with E-state index in [1.54, 1.807) is 7.11 Å². The molecule has 0 aromatic heterocycles. The Kier molecular flexibility index (Phi) is 3.27. The Balaban J connectivity index is 2.66. The van der Waals surface area contributed by atoms with Crippen molar-refractivity contribution >= 4 is 5.78 Å². The van der Waals surface area contributed by atoms with E-state index in [1.807, 2.05) is 30.4 Å². The lowest BCUT2D eigenvalue weighted by molar-refractivity contribution is -0.417. The first-order chi connectivity index (χ1) is 5.86. The van der Waals surface area contributed by atoms with Crippen LogP contribution in [-0.4, -0.2) is 12.9 Å². The summed E-state index contributed by atoms with van der Waals surface area (Å²) in [6.45, 7) is 3.65. The second kappa shape index (κ2) is 4.50. The van der Waals surface area contributed by atoms with E-state index in [-0.39, 0.29) is 0 Å². The molecule has 0 aromatic rings. The van der Waals surface area contributed by atoms with Gasteiger partial charge in [-0.3, -0.25) is 4.42 Å². The van der Waals surface area contributed by atoms with Crippen molar-refractivity contribution in [1.82, 2.24) is 0 Å². The first kappa shape index (κ1) is 8.72. The van der Waals surface area contributed by atoms with E-state index in [9.17, 15) is 0 Å². The molecular weight excluding hydrogens is 148 g/mol. The van der Waals surface area contributed by atoms with Crippen LogP contribution >= 0.6 is 0 Å². The summed E-state index contributed by atoms with van der Waals surface area (Å²) in [7, 11) is 1.67. The van der Waals surface area contributed by atoms with Gasteiger partial charge in [0.2, 0.25) is 0 Å². The maximum absolute atomic E-state index is 5.04. The highest BCUT2D eigenvalue weighted by Crippen LogP contribution is 2.06. The Morgan fingerprint density at radius 2 is 2.00 bits per heavy atom. The Labute approximate surface area is 73.1 Å². The maximum Gasteiger partial charge on any atom is 0.343 e. The molecule has 0 spiro atoms. The van der Waals surface area contributed by atoms with Crippen molar-refractivity contribution in [3.05, 3.63) is 48.6 Å². The second-order valence-electron chi connectivity index (χ2n) is 2.50. The van der Waals surface area contributed by atoms with Crippen molar-refractivity contribution in [2.24, 2.45) is 0 Å². The molecule has 1 heteroatoms. The zero-order valence-electron chi connectivity index (χ0n) is 7.29. The van der Waals surface area contributed by atoms with E-state index < -0.39 is 0 Å². The van der Waals surface area contributed by atoms with Crippen LogP contribution in [0.5, 0.6) is 0 Å². The van der Waals surface area contributed by atoms with Gasteiger partial charge in [0.1, 0.15) is 0 Å². The first-order valence-corrected chi connectivity index (χ1v) is 3.95. The fourth-order valence-electron chi connectivity index (χ4n) is 0.959. The summed E-state index contributed by atoms with van der Waals surface area (Å²) in [4.78, 5) is 0. The molecule has 62 valence electrons. The quantitative estimate of drug-likeness (QED) is 0.435. The molecule has 0 N–H and O–H groups in total. The van der Waals surface area contributed by atoms with E-state index in [0.717, 1.165) is 12.2 Å². The van der Waals surface area contributed by atoms with Crippen LogP contribution in [0.1, 0.15) is 6.42 Å². The molecule has 0 saturated heterocycles. The molecule has 1 nitrogen and oxygen atoms in total. The minimum atomic E-state index is 0.894. The Morgan fingerprint density at radius 1 is 1.33 bits per heavy atom. The lowest BCUT2D eigenvalue weighted by atomic mass is 10.1. The lowest BCUT2D eigenvalue weighted by Gasteiger charge is -1.95. The monoisotopic (exact) mass is 161 g/mol. The van der Waals surface area contributed by atoms with Crippen molar-refractivity contribution in [1.29, 1.82) is 0 Å². The van der Waals surface area contributed by atoms with Crippen LogP contribution in [0.25, 0.3) is 0 Å². The molecule has 12 heavy (non-hydrogen) atoms. The van der Waals surface area contributed by atoms with Crippen molar-refractivity contribution < 1.29 is 4.42 Å². The summed E-state index contributed by atoms with van der Waals surface area (Å²) >= 11 is 0. The molecule has 1 aliphatic rings. The molecule has 0 unspecified atom stereocenters. The van der Waals surface area contributed by atoms with Gasteiger partial charge in [-0.1, -0.05) is 12.2 Å². The highest BCUT2D eigenvalue weighted by Gasteiger charge is 2.03. The van der Waals surface area contributed by atoms with Gasteiger partial charge >= 0.3 is 5.78 Å². The number of hydrogen-bond acceptors (Lipinski definition) is 0. The Bertz CT molecular complexity index is 259. The molecule has 0 bridgehead atoms. The molecule has 0 saturated carbocycles. The number of hydrogen-bond donors (Lipinski definition) is 0. The molecule has 0 radical (unpaired) electrons.